The predicted molar refractivity (Wildman–Crippen MR) is 99.6 cm³/mol. The van der Waals surface area contributed by atoms with Crippen LogP contribution < -0.4 is 20.1 Å². The molecule has 0 aliphatic carbocycles. The van der Waals surface area contributed by atoms with Crippen molar-refractivity contribution in [2.75, 3.05) is 12.4 Å². The van der Waals surface area contributed by atoms with Gasteiger partial charge in [-0.3, -0.25) is 4.98 Å². The molecule has 26 heavy (non-hydrogen) atoms. The second-order valence-electron chi connectivity index (χ2n) is 5.44. The quantitative estimate of drug-likeness (QED) is 0.699. The van der Waals surface area contributed by atoms with E-state index in [1.807, 2.05) is 36.4 Å². The number of rotatable bonds is 6. The number of benzene rings is 2. The molecular weight excluding hydrogens is 330 g/mol. The molecule has 132 valence electrons. The van der Waals surface area contributed by atoms with Crippen molar-refractivity contribution in [1.29, 1.82) is 0 Å². The molecule has 0 aliphatic rings. The van der Waals surface area contributed by atoms with E-state index in [-0.39, 0.29) is 6.03 Å². The molecule has 0 fully saturated rings. The number of para-hydroxylation sites is 2. The van der Waals surface area contributed by atoms with Crippen LogP contribution in [0.25, 0.3) is 0 Å². The fraction of sp³-hybridized carbons (Fsp3) is 0.100. The molecule has 2 aromatic carbocycles. The lowest BCUT2D eigenvalue weighted by Gasteiger charge is -2.11. The molecule has 6 heteroatoms. The van der Waals surface area contributed by atoms with Gasteiger partial charge >= 0.3 is 6.03 Å². The summed E-state index contributed by atoms with van der Waals surface area (Å²) in [5.41, 5.74) is 1.58. The van der Waals surface area contributed by atoms with E-state index >= 15 is 0 Å². The number of aromatic nitrogens is 1. The summed E-state index contributed by atoms with van der Waals surface area (Å²) in [5, 5.41) is 5.58. The molecule has 0 unspecified atom stereocenters. The van der Waals surface area contributed by atoms with Crippen molar-refractivity contribution in [2.45, 2.75) is 6.54 Å². The SMILES string of the molecule is COc1ccccc1NC(=O)NCc1ccc(Oc2ccncc2)cc1. The molecule has 2 N–H and O–H groups in total. The first kappa shape index (κ1) is 17.3. The van der Waals surface area contributed by atoms with Gasteiger partial charge in [0, 0.05) is 18.9 Å². The standard InChI is InChI=1S/C20H19N3O3/c1-25-19-5-3-2-4-18(19)23-20(24)22-14-15-6-8-16(9-7-15)26-17-10-12-21-13-11-17/h2-13H,14H2,1H3,(H2,22,23,24). The van der Waals surface area contributed by atoms with E-state index in [2.05, 4.69) is 15.6 Å². The van der Waals surface area contributed by atoms with Crippen LogP contribution in [0.1, 0.15) is 5.56 Å². The van der Waals surface area contributed by atoms with Gasteiger partial charge in [-0.2, -0.15) is 0 Å². The number of amides is 2. The molecule has 2 amide bonds. The van der Waals surface area contributed by atoms with Crippen molar-refractivity contribution in [3.05, 3.63) is 78.6 Å². The van der Waals surface area contributed by atoms with Crippen molar-refractivity contribution in [3.63, 3.8) is 0 Å². The second-order valence-corrected chi connectivity index (χ2v) is 5.44. The van der Waals surface area contributed by atoms with Crippen molar-refractivity contribution in [1.82, 2.24) is 10.3 Å². The van der Waals surface area contributed by atoms with Crippen LogP contribution in [0.4, 0.5) is 10.5 Å². The molecule has 3 rings (SSSR count). The van der Waals surface area contributed by atoms with Crippen molar-refractivity contribution in [2.24, 2.45) is 0 Å². The van der Waals surface area contributed by atoms with Gasteiger partial charge in [0.2, 0.25) is 0 Å². The van der Waals surface area contributed by atoms with Crippen LogP contribution in [-0.2, 0) is 6.54 Å². The largest absolute Gasteiger partial charge is 0.495 e. The van der Waals surface area contributed by atoms with Gasteiger partial charge in [0.25, 0.3) is 0 Å². The van der Waals surface area contributed by atoms with Crippen LogP contribution in [0.2, 0.25) is 0 Å². The maximum Gasteiger partial charge on any atom is 0.319 e. The summed E-state index contributed by atoms with van der Waals surface area (Å²) in [6.07, 6.45) is 3.35. The molecule has 0 saturated heterocycles. The number of carbonyl (C=O) groups is 1. The number of hydrogen-bond acceptors (Lipinski definition) is 4. The van der Waals surface area contributed by atoms with Crippen LogP contribution in [0.15, 0.2) is 73.1 Å². The Bertz CT molecular complexity index is 852. The Balaban J connectivity index is 1.52. The summed E-state index contributed by atoms with van der Waals surface area (Å²) in [6, 6.07) is 18.0. The number of ether oxygens (including phenoxy) is 2. The van der Waals surface area contributed by atoms with Gasteiger partial charge in [-0.1, -0.05) is 24.3 Å². The van der Waals surface area contributed by atoms with Crippen LogP contribution >= 0.6 is 0 Å². The van der Waals surface area contributed by atoms with Crippen molar-refractivity contribution in [3.8, 4) is 17.2 Å². The molecule has 1 heterocycles. The lowest BCUT2D eigenvalue weighted by Crippen LogP contribution is -2.28. The zero-order chi connectivity index (χ0) is 18.2. The van der Waals surface area contributed by atoms with Gasteiger partial charge in [0.05, 0.1) is 12.8 Å². The Hall–Kier alpha value is -3.54. The summed E-state index contributed by atoms with van der Waals surface area (Å²) in [5.74, 6) is 2.06. The Labute approximate surface area is 151 Å². The molecule has 0 bridgehead atoms. The molecule has 0 saturated carbocycles. The fourth-order valence-electron chi connectivity index (χ4n) is 2.31. The number of anilines is 1. The molecule has 3 aromatic rings. The zero-order valence-electron chi connectivity index (χ0n) is 14.3. The van der Waals surface area contributed by atoms with E-state index < -0.39 is 0 Å². The van der Waals surface area contributed by atoms with E-state index in [1.165, 1.54) is 0 Å². The topological polar surface area (TPSA) is 72.5 Å². The summed E-state index contributed by atoms with van der Waals surface area (Å²) in [6.45, 7) is 0.399. The predicted octanol–water partition coefficient (Wildman–Crippen LogP) is 4.20. The van der Waals surface area contributed by atoms with E-state index in [4.69, 9.17) is 9.47 Å². The molecule has 1 aromatic heterocycles. The number of carbonyl (C=O) groups excluding carboxylic acids is 1. The van der Waals surface area contributed by atoms with Crippen LogP contribution in [0.3, 0.4) is 0 Å². The first-order chi connectivity index (χ1) is 12.7. The van der Waals surface area contributed by atoms with Gasteiger partial charge in [-0.05, 0) is 42.0 Å². The molecule has 0 atom stereocenters. The van der Waals surface area contributed by atoms with Gasteiger partial charge < -0.3 is 20.1 Å². The average molecular weight is 349 g/mol. The third-order valence-electron chi connectivity index (χ3n) is 3.62. The summed E-state index contributed by atoms with van der Waals surface area (Å²) >= 11 is 0. The Morgan fingerprint density at radius 2 is 1.65 bits per heavy atom. The first-order valence-corrected chi connectivity index (χ1v) is 8.09. The molecule has 0 radical (unpaired) electrons. The zero-order valence-corrected chi connectivity index (χ0v) is 14.3. The van der Waals surface area contributed by atoms with Gasteiger partial charge in [-0.15, -0.1) is 0 Å². The number of pyridine rings is 1. The van der Waals surface area contributed by atoms with Gasteiger partial charge in [0.1, 0.15) is 17.2 Å². The van der Waals surface area contributed by atoms with E-state index in [0.29, 0.717) is 18.0 Å². The highest BCUT2D eigenvalue weighted by atomic mass is 16.5. The number of hydrogen-bond donors (Lipinski definition) is 2. The van der Waals surface area contributed by atoms with E-state index in [9.17, 15) is 4.79 Å². The monoisotopic (exact) mass is 349 g/mol. The van der Waals surface area contributed by atoms with Crippen molar-refractivity contribution < 1.29 is 14.3 Å². The highest BCUT2D eigenvalue weighted by molar-refractivity contribution is 5.90. The minimum atomic E-state index is -0.299. The van der Waals surface area contributed by atoms with Crippen LogP contribution in [0, 0.1) is 0 Å². The number of nitrogens with one attached hydrogen (secondary N) is 2. The number of methoxy groups -OCH3 is 1. The summed E-state index contributed by atoms with van der Waals surface area (Å²) < 4.78 is 10.9. The first-order valence-electron chi connectivity index (χ1n) is 8.09. The van der Waals surface area contributed by atoms with Crippen molar-refractivity contribution >= 4 is 11.7 Å². The highest BCUT2D eigenvalue weighted by Crippen LogP contribution is 2.23. The highest BCUT2D eigenvalue weighted by Gasteiger charge is 2.06. The van der Waals surface area contributed by atoms with Gasteiger partial charge in [-0.25, -0.2) is 4.79 Å². The number of nitrogens with zero attached hydrogens (tertiary/aromatic N) is 1. The summed E-state index contributed by atoms with van der Waals surface area (Å²) in [7, 11) is 1.56. The van der Waals surface area contributed by atoms with Crippen LogP contribution in [0.5, 0.6) is 17.2 Å². The normalized spacial score (nSPS) is 10.0. The molecule has 0 aliphatic heterocycles. The molecular formula is C20H19N3O3. The Kier molecular flexibility index (Phi) is 5.67. The third kappa shape index (κ3) is 4.73. The lowest BCUT2D eigenvalue weighted by molar-refractivity contribution is 0.251. The fourth-order valence-corrected chi connectivity index (χ4v) is 2.31. The Morgan fingerprint density at radius 3 is 2.38 bits per heavy atom. The lowest BCUT2D eigenvalue weighted by atomic mass is 10.2. The van der Waals surface area contributed by atoms with E-state index in [0.717, 1.165) is 17.1 Å². The minimum Gasteiger partial charge on any atom is -0.495 e. The van der Waals surface area contributed by atoms with E-state index in [1.54, 1.807) is 43.8 Å². The third-order valence-corrected chi connectivity index (χ3v) is 3.62. The maximum absolute atomic E-state index is 12.1. The second kappa shape index (κ2) is 8.53. The van der Waals surface area contributed by atoms with Crippen LogP contribution in [-0.4, -0.2) is 18.1 Å². The van der Waals surface area contributed by atoms with Gasteiger partial charge in [0.15, 0.2) is 0 Å². The maximum atomic E-state index is 12.1. The number of urea groups is 1. The Morgan fingerprint density at radius 1 is 0.962 bits per heavy atom. The minimum absolute atomic E-state index is 0.299. The average Bonchev–Trinajstić information content (AvgIpc) is 2.69. The smallest absolute Gasteiger partial charge is 0.319 e. The molecule has 0 spiro atoms. The summed E-state index contributed by atoms with van der Waals surface area (Å²) in [4.78, 5) is 16.0. The molecule has 6 nitrogen and oxygen atoms in total.